The third-order valence-electron chi connectivity index (χ3n) is 2.84. The first-order chi connectivity index (χ1) is 10.8. The highest BCUT2D eigenvalue weighted by Gasteiger charge is 2.23. The van der Waals surface area contributed by atoms with Crippen LogP contribution in [0.1, 0.15) is 0 Å². The number of fused-ring (bicyclic) bond motifs is 1. The zero-order valence-corrected chi connectivity index (χ0v) is 14.1. The minimum atomic E-state index is -4.22. The van der Waals surface area contributed by atoms with Gasteiger partial charge >= 0.3 is 0 Å². The van der Waals surface area contributed by atoms with Crippen LogP contribution in [0.3, 0.4) is 0 Å². The molecular formula is C12H6BrClF2N4O2S. The SMILES string of the molecule is O=S(=O)(Nc1cc(F)c(Br)cc1F)c1cnn2cc(Cl)cnc12. The minimum absolute atomic E-state index is 0.000100. The minimum Gasteiger partial charge on any atom is -0.276 e. The lowest BCUT2D eigenvalue weighted by atomic mass is 10.3. The zero-order valence-electron chi connectivity index (χ0n) is 11.0. The first kappa shape index (κ1) is 16.1. The second kappa shape index (κ2) is 5.69. The van der Waals surface area contributed by atoms with Crippen molar-refractivity contribution in [3.8, 4) is 0 Å². The molecule has 0 aliphatic rings. The molecule has 0 radical (unpaired) electrons. The Hall–Kier alpha value is -1.78. The molecule has 6 nitrogen and oxygen atoms in total. The van der Waals surface area contributed by atoms with Crippen molar-refractivity contribution in [3.63, 3.8) is 0 Å². The Kier molecular flexibility index (Phi) is 3.98. The van der Waals surface area contributed by atoms with Crippen LogP contribution >= 0.6 is 27.5 Å². The van der Waals surface area contributed by atoms with Crippen molar-refractivity contribution < 1.29 is 17.2 Å². The molecule has 0 saturated heterocycles. The Bertz CT molecular complexity index is 1030. The summed E-state index contributed by atoms with van der Waals surface area (Å²) in [5.41, 5.74) is -0.529. The molecule has 0 aliphatic heterocycles. The van der Waals surface area contributed by atoms with Crippen LogP contribution in [0.15, 0.2) is 40.1 Å². The van der Waals surface area contributed by atoms with Gasteiger partial charge in [-0.2, -0.15) is 5.10 Å². The molecule has 0 atom stereocenters. The average molecular weight is 424 g/mol. The molecule has 3 aromatic rings. The summed E-state index contributed by atoms with van der Waals surface area (Å²) in [4.78, 5) is 3.58. The van der Waals surface area contributed by atoms with Crippen LogP contribution in [0.25, 0.3) is 5.65 Å². The number of nitrogens with one attached hydrogen (secondary N) is 1. The van der Waals surface area contributed by atoms with Gasteiger partial charge in [0, 0.05) is 12.3 Å². The molecule has 2 heterocycles. The lowest BCUT2D eigenvalue weighted by Crippen LogP contribution is -2.14. The van der Waals surface area contributed by atoms with Gasteiger partial charge in [-0.1, -0.05) is 11.6 Å². The molecular weight excluding hydrogens is 418 g/mol. The van der Waals surface area contributed by atoms with Crippen LogP contribution in [0.5, 0.6) is 0 Å². The number of halogens is 4. The summed E-state index contributed by atoms with van der Waals surface area (Å²) in [7, 11) is -4.22. The topological polar surface area (TPSA) is 76.4 Å². The van der Waals surface area contributed by atoms with E-state index in [0.717, 1.165) is 22.8 Å². The fourth-order valence-corrected chi connectivity index (χ4v) is 3.41. The van der Waals surface area contributed by atoms with E-state index in [1.54, 1.807) is 0 Å². The maximum Gasteiger partial charge on any atom is 0.267 e. The first-order valence-corrected chi connectivity index (χ1v) is 8.59. The molecule has 1 N–H and O–H groups in total. The van der Waals surface area contributed by atoms with Gasteiger partial charge in [0.1, 0.15) is 11.6 Å². The van der Waals surface area contributed by atoms with Gasteiger partial charge in [0.15, 0.2) is 10.5 Å². The van der Waals surface area contributed by atoms with Crippen molar-refractivity contribution in [2.45, 2.75) is 4.90 Å². The van der Waals surface area contributed by atoms with Gasteiger partial charge in [-0.05, 0) is 22.0 Å². The number of sulfonamides is 1. The predicted molar refractivity (Wildman–Crippen MR) is 82.9 cm³/mol. The van der Waals surface area contributed by atoms with E-state index in [4.69, 9.17) is 11.6 Å². The van der Waals surface area contributed by atoms with E-state index in [9.17, 15) is 17.2 Å². The standard InChI is InChI=1S/C12H6BrClF2N4O2S/c13-7-1-9(16)10(2-8(7)15)19-23(21,22)11-4-18-20-5-6(14)3-17-12(11)20/h1-5,19H. The Morgan fingerprint density at radius 3 is 2.70 bits per heavy atom. The van der Waals surface area contributed by atoms with Crippen molar-refractivity contribution >= 4 is 48.9 Å². The number of benzene rings is 1. The molecule has 1 aromatic carbocycles. The van der Waals surface area contributed by atoms with E-state index in [1.807, 2.05) is 4.72 Å². The molecule has 23 heavy (non-hydrogen) atoms. The maximum atomic E-state index is 13.8. The zero-order chi connectivity index (χ0) is 16.8. The number of aromatic nitrogens is 3. The summed E-state index contributed by atoms with van der Waals surface area (Å²) in [5.74, 6) is -1.75. The van der Waals surface area contributed by atoms with E-state index >= 15 is 0 Å². The van der Waals surface area contributed by atoms with Crippen molar-refractivity contribution in [2.24, 2.45) is 0 Å². The quantitative estimate of drug-likeness (QED) is 0.656. The van der Waals surface area contributed by atoms with Crippen LogP contribution in [-0.2, 0) is 10.0 Å². The largest absolute Gasteiger partial charge is 0.276 e. The van der Waals surface area contributed by atoms with Crippen LogP contribution in [0.2, 0.25) is 5.02 Å². The lowest BCUT2D eigenvalue weighted by molar-refractivity contribution is 0.592. The van der Waals surface area contributed by atoms with E-state index in [1.165, 1.54) is 12.4 Å². The third kappa shape index (κ3) is 3.01. The summed E-state index contributed by atoms with van der Waals surface area (Å²) in [6, 6.07) is 1.55. The van der Waals surface area contributed by atoms with E-state index in [2.05, 4.69) is 26.0 Å². The molecule has 2 aromatic heterocycles. The highest BCUT2D eigenvalue weighted by molar-refractivity contribution is 9.10. The van der Waals surface area contributed by atoms with Crippen LogP contribution in [0, 0.1) is 11.6 Å². The second-order valence-corrected chi connectivity index (χ2v) is 7.34. The number of rotatable bonds is 3. The maximum absolute atomic E-state index is 13.8. The molecule has 0 unspecified atom stereocenters. The van der Waals surface area contributed by atoms with E-state index in [0.29, 0.717) is 0 Å². The van der Waals surface area contributed by atoms with E-state index in [-0.39, 0.29) is 20.0 Å². The Morgan fingerprint density at radius 1 is 1.22 bits per heavy atom. The molecule has 120 valence electrons. The Balaban J connectivity index is 2.06. The fourth-order valence-electron chi connectivity index (χ4n) is 1.82. The van der Waals surface area contributed by atoms with E-state index < -0.39 is 27.3 Å². The normalized spacial score (nSPS) is 11.8. The summed E-state index contributed by atoms with van der Waals surface area (Å²) in [6.45, 7) is 0. The summed E-state index contributed by atoms with van der Waals surface area (Å²) in [5, 5.41) is 4.08. The van der Waals surface area contributed by atoms with Crippen molar-refractivity contribution in [2.75, 3.05) is 4.72 Å². The smallest absolute Gasteiger partial charge is 0.267 e. The van der Waals surface area contributed by atoms with Crippen LogP contribution < -0.4 is 4.72 Å². The van der Waals surface area contributed by atoms with Gasteiger partial charge in [0.2, 0.25) is 0 Å². The van der Waals surface area contributed by atoms with Gasteiger partial charge in [-0.25, -0.2) is 26.7 Å². The average Bonchev–Trinajstić information content (AvgIpc) is 2.88. The number of hydrogen-bond acceptors (Lipinski definition) is 4. The number of anilines is 1. The predicted octanol–water partition coefficient (Wildman–Crippen LogP) is 3.22. The fraction of sp³-hybridized carbons (Fsp3) is 0. The van der Waals surface area contributed by atoms with Crippen molar-refractivity contribution in [1.29, 1.82) is 0 Å². The Morgan fingerprint density at radius 2 is 1.96 bits per heavy atom. The first-order valence-electron chi connectivity index (χ1n) is 5.94. The van der Waals surface area contributed by atoms with Crippen molar-refractivity contribution in [3.05, 3.63) is 51.9 Å². The highest BCUT2D eigenvalue weighted by atomic mass is 79.9. The Labute approximate surface area is 142 Å². The molecule has 11 heteroatoms. The van der Waals surface area contributed by atoms with Gasteiger partial charge in [0.25, 0.3) is 10.0 Å². The molecule has 3 rings (SSSR count). The molecule has 0 amide bonds. The molecule has 0 fully saturated rings. The third-order valence-corrected chi connectivity index (χ3v) is 4.99. The monoisotopic (exact) mass is 422 g/mol. The molecule has 0 saturated carbocycles. The number of hydrogen-bond donors (Lipinski definition) is 1. The molecule has 0 bridgehead atoms. The number of nitrogens with zero attached hydrogens (tertiary/aromatic N) is 3. The van der Waals surface area contributed by atoms with Gasteiger partial charge in [0.05, 0.1) is 27.6 Å². The van der Waals surface area contributed by atoms with Gasteiger partial charge in [-0.3, -0.25) is 4.72 Å². The van der Waals surface area contributed by atoms with Crippen molar-refractivity contribution in [1.82, 2.24) is 14.6 Å². The highest BCUT2D eigenvalue weighted by Crippen LogP contribution is 2.26. The summed E-state index contributed by atoms with van der Waals surface area (Å²) in [6.07, 6.45) is 3.65. The molecule has 0 spiro atoms. The molecule has 0 aliphatic carbocycles. The van der Waals surface area contributed by atoms with Crippen LogP contribution in [-0.4, -0.2) is 23.0 Å². The summed E-state index contributed by atoms with van der Waals surface area (Å²) < 4.78 is 55.0. The van der Waals surface area contributed by atoms with Gasteiger partial charge in [-0.15, -0.1) is 0 Å². The second-order valence-electron chi connectivity index (χ2n) is 4.40. The summed E-state index contributed by atoms with van der Waals surface area (Å²) >= 11 is 8.55. The van der Waals surface area contributed by atoms with Crippen LogP contribution in [0.4, 0.5) is 14.5 Å². The van der Waals surface area contributed by atoms with Gasteiger partial charge < -0.3 is 0 Å². The lowest BCUT2D eigenvalue weighted by Gasteiger charge is -2.08.